The molecule has 1 aromatic carbocycles. The van der Waals surface area contributed by atoms with Crippen molar-refractivity contribution in [2.24, 2.45) is 7.05 Å². The quantitative estimate of drug-likeness (QED) is 0.640. The van der Waals surface area contributed by atoms with Gasteiger partial charge in [0.25, 0.3) is 0 Å². The molecule has 2 heterocycles. The van der Waals surface area contributed by atoms with E-state index < -0.39 is 0 Å². The lowest BCUT2D eigenvalue weighted by Crippen LogP contribution is -2.14. The summed E-state index contributed by atoms with van der Waals surface area (Å²) < 4.78 is 2.70. The number of nitrogens with zero attached hydrogens (tertiary/aromatic N) is 4. The first kappa shape index (κ1) is 17.6. The second kappa shape index (κ2) is 7.79. The number of thioether (sulfide) groups is 1. The lowest BCUT2D eigenvalue weighted by atomic mass is 10.2. The zero-order valence-corrected chi connectivity index (χ0v) is 16.1. The fraction of sp³-hybridized carbons (Fsp3) is 0.176. The molecule has 0 atom stereocenters. The molecule has 0 fully saturated rings. The predicted octanol–water partition coefficient (Wildman–Crippen LogP) is 3.68. The van der Waals surface area contributed by atoms with E-state index >= 15 is 0 Å². The summed E-state index contributed by atoms with van der Waals surface area (Å²) in [6.07, 6.45) is 1.71. The van der Waals surface area contributed by atoms with Gasteiger partial charge in [-0.1, -0.05) is 23.9 Å². The molecule has 2 aromatic heterocycles. The molecule has 0 radical (unpaired) electrons. The van der Waals surface area contributed by atoms with Crippen LogP contribution in [0.15, 0.2) is 52.2 Å². The summed E-state index contributed by atoms with van der Waals surface area (Å²) in [5, 5.41) is 11.9. The summed E-state index contributed by atoms with van der Waals surface area (Å²) >= 11 is 4.79. The van der Waals surface area contributed by atoms with E-state index in [1.54, 1.807) is 6.20 Å². The highest BCUT2D eigenvalue weighted by Crippen LogP contribution is 2.25. The Hall–Kier alpha value is -2.19. The molecule has 3 rings (SSSR count). The van der Waals surface area contributed by atoms with Gasteiger partial charge in [0.1, 0.15) is 5.69 Å². The van der Waals surface area contributed by atoms with Crippen molar-refractivity contribution in [1.29, 1.82) is 0 Å². The van der Waals surface area contributed by atoms with Gasteiger partial charge in [-0.25, -0.2) is 0 Å². The van der Waals surface area contributed by atoms with Crippen molar-refractivity contribution in [3.63, 3.8) is 0 Å². The zero-order valence-electron chi connectivity index (χ0n) is 13.7. The number of rotatable bonds is 5. The molecule has 8 heteroatoms. The molecule has 25 heavy (non-hydrogen) atoms. The molecule has 0 aliphatic heterocycles. The van der Waals surface area contributed by atoms with Crippen molar-refractivity contribution in [3.8, 4) is 11.5 Å². The first-order chi connectivity index (χ1) is 12.0. The Labute approximate surface area is 158 Å². The molecule has 128 valence electrons. The van der Waals surface area contributed by atoms with Crippen LogP contribution < -0.4 is 5.32 Å². The molecule has 0 saturated heterocycles. The highest BCUT2D eigenvalue weighted by Gasteiger charge is 2.14. The average Bonchev–Trinajstić information content (AvgIpc) is 2.97. The van der Waals surface area contributed by atoms with E-state index in [2.05, 4.69) is 36.4 Å². The number of aryl methyl sites for hydroxylation is 1. The largest absolute Gasteiger partial charge is 0.324 e. The Balaban J connectivity index is 1.64. The van der Waals surface area contributed by atoms with Crippen LogP contribution in [0.3, 0.4) is 0 Å². The van der Waals surface area contributed by atoms with Gasteiger partial charge in [-0.3, -0.25) is 9.78 Å². The van der Waals surface area contributed by atoms with Crippen molar-refractivity contribution >= 4 is 39.3 Å². The molecule has 3 aromatic rings. The molecule has 6 nitrogen and oxygen atoms in total. The Morgan fingerprint density at radius 2 is 2.12 bits per heavy atom. The highest BCUT2D eigenvalue weighted by atomic mass is 79.9. The molecule has 0 aliphatic rings. The Kier molecular flexibility index (Phi) is 5.50. The van der Waals surface area contributed by atoms with Crippen LogP contribution in [0, 0.1) is 6.92 Å². The fourth-order valence-corrected chi connectivity index (χ4v) is 3.50. The van der Waals surface area contributed by atoms with Gasteiger partial charge in [0, 0.05) is 17.7 Å². The van der Waals surface area contributed by atoms with E-state index in [0.29, 0.717) is 11.0 Å². The van der Waals surface area contributed by atoms with Crippen molar-refractivity contribution in [1.82, 2.24) is 19.7 Å². The molecular formula is C17H16BrN5OS. The van der Waals surface area contributed by atoms with Crippen LogP contribution in [-0.4, -0.2) is 31.4 Å². The molecule has 0 bridgehead atoms. The monoisotopic (exact) mass is 417 g/mol. The minimum absolute atomic E-state index is 0.100. The van der Waals surface area contributed by atoms with Crippen LogP contribution in [-0.2, 0) is 11.8 Å². The summed E-state index contributed by atoms with van der Waals surface area (Å²) in [5.41, 5.74) is 2.63. The standard InChI is InChI=1S/C17H16BrN5OS/c1-11-6-7-13(12(18)9-11)20-15(24)10-25-17-22-21-16(23(17)2)14-5-3-4-8-19-14/h3-9H,10H2,1-2H3,(H,20,24). The van der Waals surface area contributed by atoms with Crippen LogP contribution in [0.4, 0.5) is 5.69 Å². The first-order valence-corrected chi connectivity index (χ1v) is 9.32. The van der Waals surface area contributed by atoms with Gasteiger partial charge in [-0.15, -0.1) is 10.2 Å². The lowest BCUT2D eigenvalue weighted by Gasteiger charge is -2.08. The number of aromatic nitrogens is 4. The van der Waals surface area contributed by atoms with E-state index in [-0.39, 0.29) is 11.7 Å². The minimum atomic E-state index is -0.100. The average molecular weight is 418 g/mol. The van der Waals surface area contributed by atoms with Crippen LogP contribution >= 0.6 is 27.7 Å². The van der Waals surface area contributed by atoms with Crippen LogP contribution in [0.25, 0.3) is 11.5 Å². The normalized spacial score (nSPS) is 10.7. The lowest BCUT2D eigenvalue weighted by molar-refractivity contribution is -0.113. The SMILES string of the molecule is Cc1ccc(NC(=O)CSc2nnc(-c3ccccn3)n2C)c(Br)c1. The number of benzene rings is 1. The van der Waals surface area contributed by atoms with Gasteiger partial charge >= 0.3 is 0 Å². The number of nitrogens with one attached hydrogen (secondary N) is 1. The van der Waals surface area contributed by atoms with Crippen LogP contribution in [0.2, 0.25) is 0 Å². The molecule has 0 unspecified atom stereocenters. The van der Waals surface area contributed by atoms with Gasteiger partial charge in [0.15, 0.2) is 11.0 Å². The van der Waals surface area contributed by atoms with Crippen LogP contribution in [0.5, 0.6) is 0 Å². The predicted molar refractivity (Wildman–Crippen MR) is 102 cm³/mol. The molecule has 0 aliphatic carbocycles. The van der Waals surface area contributed by atoms with Crippen molar-refractivity contribution in [2.75, 3.05) is 11.1 Å². The van der Waals surface area contributed by atoms with Crippen molar-refractivity contribution < 1.29 is 4.79 Å². The minimum Gasteiger partial charge on any atom is -0.324 e. The van der Waals surface area contributed by atoms with Gasteiger partial charge in [0.2, 0.25) is 5.91 Å². The Morgan fingerprint density at radius 1 is 1.28 bits per heavy atom. The number of carbonyl (C=O) groups excluding carboxylic acids is 1. The van der Waals surface area contributed by atoms with E-state index in [1.165, 1.54) is 11.8 Å². The fourth-order valence-electron chi connectivity index (χ4n) is 2.20. The second-order valence-electron chi connectivity index (χ2n) is 5.40. The number of hydrogen-bond donors (Lipinski definition) is 1. The zero-order chi connectivity index (χ0) is 17.8. The number of pyridine rings is 1. The number of anilines is 1. The third-order valence-electron chi connectivity index (χ3n) is 3.46. The molecule has 0 saturated carbocycles. The van der Waals surface area contributed by atoms with Crippen molar-refractivity contribution in [2.45, 2.75) is 12.1 Å². The summed E-state index contributed by atoms with van der Waals surface area (Å²) in [5.74, 6) is 0.816. The maximum absolute atomic E-state index is 12.2. The number of carbonyl (C=O) groups is 1. The number of hydrogen-bond acceptors (Lipinski definition) is 5. The topological polar surface area (TPSA) is 72.7 Å². The Bertz CT molecular complexity index is 897. The van der Waals surface area contributed by atoms with E-state index in [0.717, 1.165) is 21.4 Å². The summed E-state index contributed by atoms with van der Waals surface area (Å²) in [6, 6.07) is 11.4. The van der Waals surface area contributed by atoms with Crippen molar-refractivity contribution in [3.05, 3.63) is 52.6 Å². The third kappa shape index (κ3) is 4.26. The van der Waals surface area contributed by atoms with Gasteiger partial charge in [0.05, 0.1) is 11.4 Å². The number of halogens is 1. The van der Waals surface area contributed by atoms with E-state index in [4.69, 9.17) is 0 Å². The summed E-state index contributed by atoms with van der Waals surface area (Å²) in [4.78, 5) is 16.5. The third-order valence-corrected chi connectivity index (χ3v) is 5.14. The van der Waals surface area contributed by atoms with Gasteiger partial charge in [-0.2, -0.15) is 0 Å². The maximum atomic E-state index is 12.2. The molecule has 1 amide bonds. The molecule has 0 spiro atoms. The van der Waals surface area contributed by atoms with E-state index in [9.17, 15) is 4.79 Å². The van der Waals surface area contributed by atoms with Crippen LogP contribution in [0.1, 0.15) is 5.56 Å². The van der Waals surface area contributed by atoms with Gasteiger partial charge in [-0.05, 0) is 52.7 Å². The summed E-state index contributed by atoms with van der Waals surface area (Å²) in [6.45, 7) is 2.00. The smallest absolute Gasteiger partial charge is 0.234 e. The van der Waals surface area contributed by atoms with Gasteiger partial charge < -0.3 is 9.88 Å². The van der Waals surface area contributed by atoms with E-state index in [1.807, 2.05) is 54.9 Å². The maximum Gasteiger partial charge on any atom is 0.234 e. The summed E-state index contributed by atoms with van der Waals surface area (Å²) in [7, 11) is 1.86. The molecule has 1 N–H and O–H groups in total. The number of amides is 1. The Morgan fingerprint density at radius 3 is 2.84 bits per heavy atom. The second-order valence-corrected chi connectivity index (χ2v) is 7.20. The first-order valence-electron chi connectivity index (χ1n) is 7.54. The molecular weight excluding hydrogens is 402 g/mol. The highest BCUT2D eigenvalue weighted by molar-refractivity contribution is 9.10.